The third-order valence-corrected chi connectivity index (χ3v) is 5.09. The average molecular weight is 375 g/mol. The number of primary sulfonamides is 1. The summed E-state index contributed by atoms with van der Waals surface area (Å²) < 4.78 is 23.3. The maximum Gasteiger partial charge on any atom is 0.251 e. The maximum atomic E-state index is 12.2. The number of nitrogens with two attached hydrogens (primary N) is 1. The minimum absolute atomic E-state index is 0.0697. The van der Waals surface area contributed by atoms with Crippen molar-refractivity contribution in [2.45, 2.75) is 37.0 Å². The van der Waals surface area contributed by atoms with Crippen LogP contribution < -0.4 is 10.5 Å². The largest absolute Gasteiger partial charge is 0.352 e. The van der Waals surface area contributed by atoms with Crippen molar-refractivity contribution in [3.63, 3.8) is 0 Å². The van der Waals surface area contributed by atoms with E-state index < -0.39 is 10.0 Å². The molecule has 21 heavy (non-hydrogen) atoms. The maximum absolute atomic E-state index is 12.2. The monoisotopic (exact) mass is 374 g/mol. The zero-order valence-corrected chi connectivity index (χ0v) is 14.0. The van der Waals surface area contributed by atoms with Crippen LogP contribution in [0.15, 0.2) is 27.6 Å². The molecule has 0 atom stereocenters. The summed E-state index contributed by atoms with van der Waals surface area (Å²) in [5.74, 6) is 0.249. The van der Waals surface area contributed by atoms with Crippen molar-refractivity contribution in [2.75, 3.05) is 6.54 Å². The minimum Gasteiger partial charge on any atom is -0.352 e. The number of benzene rings is 1. The Bertz CT molecular complexity index is 625. The molecular weight excluding hydrogens is 356 g/mol. The summed E-state index contributed by atoms with van der Waals surface area (Å²) in [7, 11) is -3.83. The summed E-state index contributed by atoms with van der Waals surface area (Å²) in [6.07, 6.45) is 5.98. The third kappa shape index (κ3) is 4.79. The number of sulfonamides is 1. The van der Waals surface area contributed by atoms with Gasteiger partial charge in [-0.15, -0.1) is 0 Å². The Labute approximate surface area is 133 Å². The number of nitrogens with one attached hydrogen (secondary N) is 1. The average Bonchev–Trinajstić information content (AvgIpc) is 2.44. The van der Waals surface area contributed by atoms with Crippen molar-refractivity contribution >= 4 is 31.9 Å². The van der Waals surface area contributed by atoms with Crippen LogP contribution in [-0.2, 0) is 10.0 Å². The first-order chi connectivity index (χ1) is 9.86. The minimum atomic E-state index is -3.83. The third-order valence-electron chi connectivity index (χ3n) is 3.74. The van der Waals surface area contributed by atoms with Crippen molar-refractivity contribution in [3.8, 4) is 0 Å². The Morgan fingerprint density at radius 1 is 1.24 bits per heavy atom. The highest BCUT2D eigenvalue weighted by atomic mass is 79.9. The summed E-state index contributed by atoms with van der Waals surface area (Å²) in [4.78, 5) is 12.1. The van der Waals surface area contributed by atoms with Gasteiger partial charge in [-0.05, 0) is 37.0 Å². The highest BCUT2D eigenvalue weighted by Crippen LogP contribution is 2.23. The van der Waals surface area contributed by atoms with Gasteiger partial charge in [0.25, 0.3) is 5.91 Å². The molecule has 1 aromatic carbocycles. The lowest BCUT2D eigenvalue weighted by Gasteiger charge is -2.21. The van der Waals surface area contributed by atoms with Crippen LogP contribution in [-0.4, -0.2) is 20.9 Å². The molecule has 7 heteroatoms. The summed E-state index contributed by atoms with van der Waals surface area (Å²) in [5.41, 5.74) is 0.296. The van der Waals surface area contributed by atoms with Crippen molar-refractivity contribution < 1.29 is 13.2 Å². The van der Waals surface area contributed by atoms with Gasteiger partial charge < -0.3 is 5.32 Å². The second kappa shape index (κ2) is 6.89. The van der Waals surface area contributed by atoms with E-state index >= 15 is 0 Å². The van der Waals surface area contributed by atoms with Gasteiger partial charge in [-0.2, -0.15) is 0 Å². The zero-order valence-electron chi connectivity index (χ0n) is 11.6. The van der Waals surface area contributed by atoms with Gasteiger partial charge in [-0.25, -0.2) is 13.6 Å². The van der Waals surface area contributed by atoms with Gasteiger partial charge >= 0.3 is 0 Å². The van der Waals surface area contributed by atoms with E-state index in [-0.39, 0.29) is 10.8 Å². The zero-order chi connectivity index (χ0) is 15.5. The van der Waals surface area contributed by atoms with E-state index in [0.29, 0.717) is 22.5 Å². The van der Waals surface area contributed by atoms with Crippen molar-refractivity contribution in [3.05, 3.63) is 28.2 Å². The van der Waals surface area contributed by atoms with Gasteiger partial charge in [0.1, 0.15) is 0 Å². The summed E-state index contributed by atoms with van der Waals surface area (Å²) >= 11 is 3.20. The van der Waals surface area contributed by atoms with Gasteiger partial charge in [0, 0.05) is 16.6 Å². The number of hydrogen-bond acceptors (Lipinski definition) is 3. The van der Waals surface area contributed by atoms with Crippen LogP contribution in [0.5, 0.6) is 0 Å². The number of halogens is 1. The summed E-state index contributed by atoms with van der Waals surface area (Å²) in [6.45, 7) is 0.635. The Morgan fingerprint density at radius 3 is 2.52 bits per heavy atom. The first-order valence-electron chi connectivity index (χ1n) is 6.98. The number of amides is 1. The van der Waals surface area contributed by atoms with Gasteiger partial charge in [0.15, 0.2) is 0 Å². The number of carbonyl (C=O) groups is 1. The predicted octanol–water partition coefficient (Wildman–Crippen LogP) is 2.41. The molecule has 1 amide bonds. The summed E-state index contributed by atoms with van der Waals surface area (Å²) in [6, 6.07) is 4.27. The quantitative estimate of drug-likeness (QED) is 0.847. The van der Waals surface area contributed by atoms with E-state index in [1.807, 2.05) is 0 Å². The Kier molecular flexibility index (Phi) is 5.40. The van der Waals surface area contributed by atoms with Crippen LogP contribution in [0.1, 0.15) is 42.5 Å². The molecule has 0 aliphatic heterocycles. The molecule has 0 spiro atoms. The number of carbonyl (C=O) groups excluding carboxylic acids is 1. The van der Waals surface area contributed by atoms with Gasteiger partial charge in [-0.3, -0.25) is 4.79 Å². The van der Waals surface area contributed by atoms with E-state index in [4.69, 9.17) is 5.14 Å². The fourth-order valence-corrected chi connectivity index (χ4v) is 3.82. The van der Waals surface area contributed by atoms with Crippen LogP contribution in [0, 0.1) is 5.92 Å². The molecule has 1 saturated carbocycles. The molecule has 1 aliphatic rings. The summed E-state index contributed by atoms with van der Waals surface area (Å²) in [5, 5.41) is 7.98. The Morgan fingerprint density at radius 2 is 1.90 bits per heavy atom. The van der Waals surface area contributed by atoms with E-state index in [0.717, 1.165) is 12.8 Å². The molecular formula is C14H19BrN2O3S. The van der Waals surface area contributed by atoms with E-state index in [1.165, 1.54) is 31.4 Å². The molecule has 116 valence electrons. The molecule has 1 aliphatic carbocycles. The molecule has 0 unspecified atom stereocenters. The SMILES string of the molecule is NS(=O)(=O)c1cc(Br)cc(C(=O)NCC2CCCCC2)c1. The van der Waals surface area contributed by atoms with Gasteiger partial charge in [0.2, 0.25) is 10.0 Å². The Balaban J connectivity index is 2.06. The van der Waals surface area contributed by atoms with Crippen molar-refractivity contribution in [1.82, 2.24) is 5.32 Å². The molecule has 5 nitrogen and oxygen atoms in total. The Hall–Kier alpha value is -0.920. The first-order valence-corrected chi connectivity index (χ1v) is 9.32. The van der Waals surface area contributed by atoms with Crippen LogP contribution in [0.3, 0.4) is 0 Å². The van der Waals surface area contributed by atoms with Crippen LogP contribution in [0.4, 0.5) is 0 Å². The van der Waals surface area contributed by atoms with Crippen LogP contribution in [0.2, 0.25) is 0 Å². The standard InChI is InChI=1S/C14H19BrN2O3S/c15-12-6-11(7-13(8-12)21(16,19)20)14(18)17-9-10-4-2-1-3-5-10/h6-8,10H,1-5,9H2,(H,17,18)(H2,16,19,20). The van der Waals surface area contributed by atoms with Gasteiger partial charge in [-0.1, -0.05) is 35.2 Å². The fourth-order valence-electron chi connectivity index (χ4n) is 2.59. The molecule has 0 saturated heterocycles. The molecule has 0 radical (unpaired) electrons. The van der Waals surface area contributed by atoms with Crippen LogP contribution in [0.25, 0.3) is 0 Å². The molecule has 1 aromatic rings. The second-order valence-electron chi connectivity index (χ2n) is 5.43. The molecule has 1 fully saturated rings. The second-order valence-corrected chi connectivity index (χ2v) is 7.91. The van der Waals surface area contributed by atoms with Crippen molar-refractivity contribution in [1.29, 1.82) is 0 Å². The fraction of sp³-hybridized carbons (Fsp3) is 0.500. The van der Waals surface area contributed by atoms with E-state index in [9.17, 15) is 13.2 Å². The van der Waals surface area contributed by atoms with Gasteiger partial charge in [0.05, 0.1) is 4.90 Å². The topological polar surface area (TPSA) is 89.3 Å². The lowest BCUT2D eigenvalue weighted by molar-refractivity contribution is 0.0943. The smallest absolute Gasteiger partial charge is 0.251 e. The van der Waals surface area contributed by atoms with E-state index in [2.05, 4.69) is 21.2 Å². The molecule has 0 heterocycles. The molecule has 0 bridgehead atoms. The molecule has 0 aromatic heterocycles. The lowest BCUT2D eigenvalue weighted by Crippen LogP contribution is -2.30. The highest BCUT2D eigenvalue weighted by Gasteiger charge is 2.17. The molecule has 2 rings (SSSR count). The normalized spacial score (nSPS) is 16.7. The van der Waals surface area contributed by atoms with Crippen LogP contribution >= 0.6 is 15.9 Å². The first kappa shape index (κ1) is 16.5. The highest BCUT2D eigenvalue weighted by molar-refractivity contribution is 9.10. The predicted molar refractivity (Wildman–Crippen MR) is 84.4 cm³/mol. The molecule has 3 N–H and O–H groups in total. The number of rotatable bonds is 4. The van der Waals surface area contributed by atoms with Crippen molar-refractivity contribution in [2.24, 2.45) is 11.1 Å². The van der Waals surface area contributed by atoms with E-state index in [1.54, 1.807) is 6.07 Å². The lowest BCUT2D eigenvalue weighted by atomic mass is 9.89. The number of hydrogen-bond donors (Lipinski definition) is 2.